The normalized spacial score (nSPS) is 14.1. The van der Waals surface area contributed by atoms with Gasteiger partial charge in [-0.2, -0.15) is 0 Å². The molecule has 2 amide bonds. The first-order chi connectivity index (χ1) is 17.5. The SMILES string of the molecule is CCCCCCCCn1cc(C2=C(c3coc4ccc(OC)cc34)C(=O)N(O)C2=O)c2ccccc21. The number of carbonyl (C=O) groups excluding carboxylic acids is 2. The highest BCUT2D eigenvalue weighted by molar-refractivity contribution is 6.50. The number of hydrogen-bond acceptors (Lipinski definition) is 5. The average molecular weight is 487 g/mol. The zero-order chi connectivity index (χ0) is 25.2. The highest BCUT2D eigenvalue weighted by Crippen LogP contribution is 2.41. The maximum Gasteiger partial charge on any atom is 0.286 e. The van der Waals surface area contributed by atoms with Crippen molar-refractivity contribution in [3.63, 3.8) is 0 Å². The summed E-state index contributed by atoms with van der Waals surface area (Å²) in [6.07, 6.45) is 10.5. The molecule has 5 rings (SSSR count). The summed E-state index contributed by atoms with van der Waals surface area (Å²) < 4.78 is 13.2. The molecule has 0 fully saturated rings. The summed E-state index contributed by atoms with van der Waals surface area (Å²) in [5, 5.41) is 12.1. The van der Waals surface area contributed by atoms with Crippen LogP contribution in [-0.2, 0) is 16.1 Å². The smallest absolute Gasteiger partial charge is 0.286 e. The van der Waals surface area contributed by atoms with Gasteiger partial charge in [0.25, 0.3) is 11.8 Å². The van der Waals surface area contributed by atoms with E-state index in [1.807, 2.05) is 30.5 Å². The second-order valence-electron chi connectivity index (χ2n) is 9.20. The van der Waals surface area contributed by atoms with Gasteiger partial charge in [-0.05, 0) is 30.7 Å². The molecule has 0 bridgehead atoms. The molecule has 0 radical (unpaired) electrons. The first-order valence-corrected chi connectivity index (χ1v) is 12.5. The molecule has 3 heterocycles. The first-order valence-electron chi connectivity index (χ1n) is 12.5. The van der Waals surface area contributed by atoms with Gasteiger partial charge in [-0.15, -0.1) is 5.06 Å². The van der Waals surface area contributed by atoms with Crippen molar-refractivity contribution < 1.29 is 24.0 Å². The quantitative estimate of drug-likeness (QED) is 0.159. The fourth-order valence-electron chi connectivity index (χ4n) is 5.04. The van der Waals surface area contributed by atoms with Crippen LogP contribution < -0.4 is 4.74 Å². The molecule has 0 aliphatic carbocycles. The van der Waals surface area contributed by atoms with Crippen LogP contribution in [0.1, 0.15) is 56.6 Å². The second-order valence-corrected chi connectivity index (χ2v) is 9.20. The number of carbonyl (C=O) groups is 2. The van der Waals surface area contributed by atoms with Crippen LogP contribution in [-0.4, -0.2) is 33.8 Å². The number of hydroxylamine groups is 2. The molecular weight excluding hydrogens is 456 g/mol. The maximum atomic E-state index is 13.2. The third-order valence-electron chi connectivity index (χ3n) is 6.92. The minimum Gasteiger partial charge on any atom is -0.497 e. The van der Waals surface area contributed by atoms with Crippen molar-refractivity contribution in [2.45, 2.75) is 52.0 Å². The Morgan fingerprint density at radius 3 is 2.39 bits per heavy atom. The van der Waals surface area contributed by atoms with Crippen LogP contribution in [0.2, 0.25) is 0 Å². The van der Waals surface area contributed by atoms with E-state index in [2.05, 4.69) is 11.5 Å². The van der Waals surface area contributed by atoms with E-state index in [4.69, 9.17) is 9.15 Å². The van der Waals surface area contributed by atoms with Crippen LogP contribution in [0.5, 0.6) is 5.75 Å². The number of nitrogens with zero attached hydrogens (tertiary/aromatic N) is 2. The van der Waals surface area contributed by atoms with Crippen molar-refractivity contribution in [2.24, 2.45) is 0 Å². The van der Waals surface area contributed by atoms with E-state index in [9.17, 15) is 14.8 Å². The average Bonchev–Trinajstić information content (AvgIpc) is 3.54. The minimum absolute atomic E-state index is 0.122. The van der Waals surface area contributed by atoms with E-state index in [1.54, 1.807) is 25.3 Å². The molecule has 0 saturated heterocycles. The second kappa shape index (κ2) is 10.0. The van der Waals surface area contributed by atoms with Crippen LogP contribution in [0.4, 0.5) is 0 Å². The van der Waals surface area contributed by atoms with Crippen molar-refractivity contribution in [2.75, 3.05) is 7.11 Å². The number of para-hydroxylation sites is 1. The number of benzene rings is 2. The van der Waals surface area contributed by atoms with Crippen molar-refractivity contribution in [1.82, 2.24) is 9.63 Å². The third-order valence-corrected chi connectivity index (χ3v) is 6.92. The van der Waals surface area contributed by atoms with Gasteiger partial charge in [0.15, 0.2) is 0 Å². The van der Waals surface area contributed by atoms with E-state index in [0.717, 1.165) is 30.3 Å². The summed E-state index contributed by atoms with van der Waals surface area (Å²) >= 11 is 0. The van der Waals surface area contributed by atoms with Gasteiger partial charge >= 0.3 is 0 Å². The zero-order valence-electron chi connectivity index (χ0n) is 20.6. The molecule has 0 saturated carbocycles. The number of methoxy groups -OCH3 is 1. The van der Waals surface area contributed by atoms with E-state index < -0.39 is 11.8 Å². The Balaban J connectivity index is 1.61. The molecule has 1 N–H and O–H groups in total. The molecule has 7 nitrogen and oxygen atoms in total. The van der Waals surface area contributed by atoms with Crippen molar-refractivity contribution >= 4 is 44.8 Å². The number of imide groups is 1. The first kappa shape index (κ1) is 23.9. The van der Waals surface area contributed by atoms with Gasteiger partial charge in [0.1, 0.15) is 11.3 Å². The van der Waals surface area contributed by atoms with E-state index in [1.165, 1.54) is 31.9 Å². The van der Waals surface area contributed by atoms with Crippen LogP contribution in [0.25, 0.3) is 33.0 Å². The van der Waals surface area contributed by atoms with Crippen LogP contribution in [0.15, 0.2) is 59.3 Å². The molecular formula is C29H30N2O5. The Morgan fingerprint density at radius 2 is 1.61 bits per heavy atom. The predicted molar refractivity (Wildman–Crippen MR) is 139 cm³/mol. The molecule has 2 aromatic carbocycles. The predicted octanol–water partition coefficient (Wildman–Crippen LogP) is 6.43. The highest BCUT2D eigenvalue weighted by Gasteiger charge is 2.41. The third kappa shape index (κ3) is 4.09. The van der Waals surface area contributed by atoms with Gasteiger partial charge in [0.05, 0.1) is 24.5 Å². The Labute approximate surface area is 209 Å². The molecule has 0 unspecified atom stereocenters. The van der Waals surface area contributed by atoms with Crippen molar-refractivity contribution in [3.8, 4) is 5.75 Å². The molecule has 0 atom stereocenters. The molecule has 186 valence electrons. The number of furan rings is 1. The lowest BCUT2D eigenvalue weighted by Crippen LogP contribution is -2.27. The summed E-state index contributed by atoms with van der Waals surface area (Å²) in [5.74, 6) is -0.913. The number of unbranched alkanes of at least 4 members (excludes halogenated alkanes) is 5. The molecule has 36 heavy (non-hydrogen) atoms. The summed E-state index contributed by atoms with van der Waals surface area (Å²) in [4.78, 5) is 26.4. The van der Waals surface area contributed by atoms with Gasteiger partial charge in [-0.1, -0.05) is 57.2 Å². The number of rotatable bonds is 10. The largest absolute Gasteiger partial charge is 0.497 e. The lowest BCUT2D eigenvalue weighted by Gasteiger charge is -2.05. The molecule has 7 heteroatoms. The zero-order valence-corrected chi connectivity index (χ0v) is 20.6. The van der Waals surface area contributed by atoms with E-state index in [-0.39, 0.29) is 16.2 Å². The highest BCUT2D eigenvalue weighted by atomic mass is 16.5. The fourth-order valence-corrected chi connectivity index (χ4v) is 5.04. The maximum absolute atomic E-state index is 13.2. The monoisotopic (exact) mass is 486 g/mol. The summed E-state index contributed by atoms with van der Waals surface area (Å²) in [6, 6.07) is 13.1. The van der Waals surface area contributed by atoms with E-state index >= 15 is 0 Å². The number of aromatic nitrogens is 1. The molecule has 2 aromatic heterocycles. The Hall–Kier alpha value is -3.84. The number of amides is 2. The number of ether oxygens (including phenoxy) is 1. The molecule has 1 aliphatic rings. The van der Waals surface area contributed by atoms with Crippen molar-refractivity contribution in [1.29, 1.82) is 0 Å². The molecule has 1 aliphatic heterocycles. The van der Waals surface area contributed by atoms with Gasteiger partial charge < -0.3 is 13.7 Å². The van der Waals surface area contributed by atoms with Crippen LogP contribution >= 0.6 is 0 Å². The Morgan fingerprint density at radius 1 is 0.889 bits per heavy atom. The lowest BCUT2D eigenvalue weighted by molar-refractivity contribution is -0.168. The fraction of sp³-hybridized carbons (Fsp3) is 0.310. The number of hydrogen-bond donors (Lipinski definition) is 1. The van der Waals surface area contributed by atoms with Crippen LogP contribution in [0.3, 0.4) is 0 Å². The number of fused-ring (bicyclic) bond motifs is 2. The topological polar surface area (TPSA) is 84.9 Å². The minimum atomic E-state index is -0.770. The van der Waals surface area contributed by atoms with Gasteiger partial charge in [0, 0.05) is 40.2 Å². The molecule has 0 spiro atoms. The van der Waals surface area contributed by atoms with Gasteiger partial charge in [0.2, 0.25) is 0 Å². The van der Waals surface area contributed by atoms with Gasteiger partial charge in [-0.3, -0.25) is 14.8 Å². The molecule has 4 aromatic rings. The number of aryl methyl sites for hydroxylation is 1. The summed E-state index contributed by atoms with van der Waals surface area (Å²) in [5.41, 5.74) is 2.91. The Kier molecular flexibility index (Phi) is 6.65. The van der Waals surface area contributed by atoms with Crippen LogP contribution in [0, 0.1) is 0 Å². The van der Waals surface area contributed by atoms with Gasteiger partial charge in [-0.25, -0.2) is 0 Å². The van der Waals surface area contributed by atoms with E-state index in [0.29, 0.717) is 27.8 Å². The Bertz CT molecular complexity index is 1480. The standard InChI is InChI=1S/C29H30N2O5/c1-3-4-5-6-7-10-15-30-17-22(20-11-8-9-12-24(20)30)26-27(29(33)31(34)28(26)32)23-18-36-25-14-13-19(35-2)16-21(23)25/h8-9,11-14,16-18,34H,3-7,10,15H2,1-2H3. The lowest BCUT2D eigenvalue weighted by atomic mass is 9.95. The summed E-state index contributed by atoms with van der Waals surface area (Å²) in [6.45, 7) is 3.02. The summed E-state index contributed by atoms with van der Waals surface area (Å²) in [7, 11) is 1.56. The van der Waals surface area contributed by atoms with Crippen molar-refractivity contribution in [3.05, 3.63) is 66.1 Å².